The first-order valence-electron chi connectivity index (χ1n) is 8.68. The van der Waals surface area contributed by atoms with Crippen molar-refractivity contribution < 1.29 is 9.59 Å². The van der Waals surface area contributed by atoms with Gasteiger partial charge in [0.1, 0.15) is 0 Å². The maximum absolute atomic E-state index is 12.7. The zero-order valence-electron chi connectivity index (χ0n) is 13.9. The van der Waals surface area contributed by atoms with Gasteiger partial charge in [-0.1, -0.05) is 48.5 Å². The van der Waals surface area contributed by atoms with Crippen molar-refractivity contribution in [3.63, 3.8) is 0 Å². The van der Waals surface area contributed by atoms with Crippen LogP contribution in [0.5, 0.6) is 0 Å². The van der Waals surface area contributed by atoms with Gasteiger partial charge in [-0.05, 0) is 30.4 Å². The molecule has 0 radical (unpaired) electrons. The summed E-state index contributed by atoms with van der Waals surface area (Å²) < 4.78 is 0. The first-order valence-corrected chi connectivity index (χ1v) is 8.68. The summed E-state index contributed by atoms with van der Waals surface area (Å²) in [6.45, 7) is 1.26. The van der Waals surface area contributed by atoms with Crippen molar-refractivity contribution in [1.82, 2.24) is 9.88 Å². The second-order valence-corrected chi connectivity index (χ2v) is 6.55. The zero-order chi connectivity index (χ0) is 17.2. The number of carbonyl (C=O) groups excluding carboxylic acids is 2. The summed E-state index contributed by atoms with van der Waals surface area (Å²) in [6.07, 6.45) is 3.44. The Bertz CT molecular complexity index is 906. The Morgan fingerprint density at radius 2 is 1.60 bits per heavy atom. The Labute approximate surface area is 146 Å². The third kappa shape index (κ3) is 2.95. The Morgan fingerprint density at radius 3 is 2.36 bits per heavy atom. The first-order chi connectivity index (χ1) is 12.2. The number of aromatic amines is 1. The van der Waals surface area contributed by atoms with E-state index in [1.165, 1.54) is 5.56 Å². The van der Waals surface area contributed by atoms with E-state index in [0.717, 1.165) is 23.7 Å². The van der Waals surface area contributed by atoms with Gasteiger partial charge in [-0.15, -0.1) is 0 Å². The molecule has 0 saturated carbocycles. The highest BCUT2D eigenvalue weighted by atomic mass is 16.2. The van der Waals surface area contributed by atoms with Crippen molar-refractivity contribution in [2.75, 3.05) is 13.1 Å². The van der Waals surface area contributed by atoms with Gasteiger partial charge in [0, 0.05) is 30.2 Å². The van der Waals surface area contributed by atoms with Gasteiger partial charge in [0.05, 0.1) is 5.56 Å². The SMILES string of the molecule is O=C(C(=O)N1CCC(c2ccccc2)CC1)c1c[nH]c2ccccc12. The van der Waals surface area contributed by atoms with Gasteiger partial charge in [-0.3, -0.25) is 9.59 Å². The van der Waals surface area contributed by atoms with Crippen molar-refractivity contribution in [2.24, 2.45) is 0 Å². The molecule has 0 atom stereocenters. The number of aromatic nitrogens is 1. The lowest BCUT2D eigenvalue weighted by Crippen LogP contribution is -2.41. The molecule has 2 aromatic carbocycles. The van der Waals surface area contributed by atoms with E-state index >= 15 is 0 Å². The van der Waals surface area contributed by atoms with Crippen molar-refractivity contribution >= 4 is 22.6 Å². The molecule has 1 amide bonds. The number of hydrogen-bond donors (Lipinski definition) is 1. The van der Waals surface area contributed by atoms with Crippen LogP contribution in [-0.2, 0) is 4.79 Å². The van der Waals surface area contributed by atoms with Crippen LogP contribution in [0.25, 0.3) is 10.9 Å². The van der Waals surface area contributed by atoms with E-state index in [1.54, 1.807) is 11.1 Å². The normalized spacial score (nSPS) is 15.4. The van der Waals surface area contributed by atoms with Gasteiger partial charge < -0.3 is 9.88 Å². The van der Waals surface area contributed by atoms with Crippen molar-refractivity contribution in [3.8, 4) is 0 Å². The summed E-state index contributed by atoms with van der Waals surface area (Å²) >= 11 is 0. The maximum Gasteiger partial charge on any atom is 0.295 e. The lowest BCUT2D eigenvalue weighted by Gasteiger charge is -2.31. The molecular weight excluding hydrogens is 312 g/mol. The standard InChI is InChI=1S/C21H20N2O2/c24-20(18-14-22-19-9-5-4-8-17(18)19)21(25)23-12-10-16(11-13-23)15-6-2-1-3-7-15/h1-9,14,16,22H,10-13H2. The number of piperidine rings is 1. The van der Waals surface area contributed by atoms with E-state index < -0.39 is 11.7 Å². The second-order valence-electron chi connectivity index (χ2n) is 6.55. The van der Waals surface area contributed by atoms with E-state index in [2.05, 4.69) is 17.1 Å². The summed E-state index contributed by atoms with van der Waals surface area (Å²) in [5.74, 6) is -0.347. The number of H-pyrrole nitrogens is 1. The summed E-state index contributed by atoms with van der Waals surface area (Å²) in [5.41, 5.74) is 2.66. The third-order valence-corrected chi connectivity index (χ3v) is 5.08. The molecule has 1 saturated heterocycles. The molecule has 4 nitrogen and oxygen atoms in total. The van der Waals surface area contributed by atoms with E-state index in [-0.39, 0.29) is 0 Å². The van der Waals surface area contributed by atoms with Crippen LogP contribution < -0.4 is 0 Å². The number of benzene rings is 2. The number of Topliss-reactive ketones (excluding diaryl/α,β-unsaturated/α-hetero) is 1. The van der Waals surface area contributed by atoms with Crippen LogP contribution in [0.2, 0.25) is 0 Å². The van der Waals surface area contributed by atoms with Crippen LogP contribution in [0, 0.1) is 0 Å². The zero-order valence-corrected chi connectivity index (χ0v) is 13.9. The molecule has 1 aliphatic heterocycles. The van der Waals surface area contributed by atoms with Crippen molar-refractivity contribution in [3.05, 3.63) is 71.9 Å². The maximum atomic E-state index is 12.7. The predicted octanol–water partition coefficient (Wildman–Crippen LogP) is 3.76. The van der Waals surface area contributed by atoms with Crippen LogP contribution >= 0.6 is 0 Å². The Kier molecular flexibility index (Phi) is 4.10. The smallest absolute Gasteiger partial charge is 0.295 e. The number of rotatable bonds is 3. The third-order valence-electron chi connectivity index (χ3n) is 5.08. The first kappa shape index (κ1) is 15.6. The minimum absolute atomic E-state index is 0.392. The molecular formula is C21H20N2O2. The molecule has 1 fully saturated rings. The molecule has 1 aromatic heterocycles. The molecule has 126 valence electrons. The largest absolute Gasteiger partial charge is 0.360 e. The van der Waals surface area contributed by atoms with E-state index in [1.807, 2.05) is 42.5 Å². The average molecular weight is 332 g/mol. The number of nitrogens with one attached hydrogen (secondary N) is 1. The summed E-state index contributed by atoms with van der Waals surface area (Å²) in [7, 11) is 0. The fraction of sp³-hybridized carbons (Fsp3) is 0.238. The number of carbonyl (C=O) groups is 2. The molecule has 0 unspecified atom stereocenters. The van der Waals surface area contributed by atoms with Gasteiger partial charge in [0.2, 0.25) is 0 Å². The average Bonchev–Trinajstić information content (AvgIpc) is 3.12. The molecule has 1 N–H and O–H groups in total. The highest BCUT2D eigenvalue weighted by Crippen LogP contribution is 2.28. The van der Waals surface area contributed by atoms with Gasteiger partial charge in [0.25, 0.3) is 11.7 Å². The number of hydrogen-bond acceptors (Lipinski definition) is 2. The van der Waals surface area contributed by atoms with E-state index in [4.69, 9.17) is 0 Å². The van der Waals surface area contributed by atoms with Crippen LogP contribution in [0.1, 0.15) is 34.7 Å². The van der Waals surface area contributed by atoms with Gasteiger partial charge in [0.15, 0.2) is 0 Å². The van der Waals surface area contributed by atoms with Crippen LogP contribution in [-0.4, -0.2) is 34.7 Å². The number of ketones is 1. The highest BCUT2D eigenvalue weighted by molar-refractivity contribution is 6.44. The number of likely N-dealkylation sites (tertiary alicyclic amines) is 1. The number of fused-ring (bicyclic) bond motifs is 1. The molecule has 2 heterocycles. The van der Waals surface area contributed by atoms with E-state index in [0.29, 0.717) is 24.6 Å². The Morgan fingerprint density at radius 1 is 0.920 bits per heavy atom. The molecule has 1 aliphatic rings. The van der Waals surface area contributed by atoms with Crippen molar-refractivity contribution in [2.45, 2.75) is 18.8 Å². The quantitative estimate of drug-likeness (QED) is 0.586. The predicted molar refractivity (Wildman–Crippen MR) is 97.6 cm³/mol. The van der Waals surface area contributed by atoms with Gasteiger partial charge >= 0.3 is 0 Å². The summed E-state index contributed by atoms with van der Waals surface area (Å²) in [6, 6.07) is 17.9. The molecule has 0 aliphatic carbocycles. The number of amides is 1. The second kappa shape index (κ2) is 6.55. The van der Waals surface area contributed by atoms with E-state index in [9.17, 15) is 9.59 Å². The lowest BCUT2D eigenvalue weighted by atomic mass is 9.89. The van der Waals surface area contributed by atoms with Crippen molar-refractivity contribution in [1.29, 1.82) is 0 Å². The molecule has 3 aromatic rings. The fourth-order valence-corrected chi connectivity index (χ4v) is 3.66. The Hall–Kier alpha value is -2.88. The fourth-order valence-electron chi connectivity index (χ4n) is 3.66. The lowest BCUT2D eigenvalue weighted by molar-refractivity contribution is -0.127. The summed E-state index contributed by atoms with van der Waals surface area (Å²) in [5, 5.41) is 0.806. The van der Waals surface area contributed by atoms with Gasteiger partial charge in [-0.2, -0.15) is 0 Å². The van der Waals surface area contributed by atoms with Crippen LogP contribution in [0.15, 0.2) is 60.8 Å². The molecule has 25 heavy (non-hydrogen) atoms. The summed E-state index contributed by atoms with van der Waals surface area (Å²) in [4.78, 5) is 30.1. The minimum Gasteiger partial charge on any atom is -0.360 e. The monoisotopic (exact) mass is 332 g/mol. The number of nitrogens with zero attached hydrogens (tertiary/aromatic N) is 1. The highest BCUT2D eigenvalue weighted by Gasteiger charge is 2.29. The Balaban J connectivity index is 1.46. The van der Waals surface area contributed by atoms with Crippen LogP contribution in [0.4, 0.5) is 0 Å². The molecule has 0 bridgehead atoms. The number of para-hydroxylation sites is 1. The van der Waals surface area contributed by atoms with Crippen LogP contribution in [0.3, 0.4) is 0 Å². The van der Waals surface area contributed by atoms with Gasteiger partial charge in [-0.25, -0.2) is 0 Å². The minimum atomic E-state index is -0.421. The molecule has 4 rings (SSSR count). The molecule has 4 heteroatoms. The molecule has 0 spiro atoms. The topological polar surface area (TPSA) is 53.2 Å².